The Balaban J connectivity index is 2.15. The van der Waals surface area contributed by atoms with Crippen LogP contribution in [0, 0.1) is 0 Å². The van der Waals surface area contributed by atoms with Gasteiger partial charge in [-0.3, -0.25) is 9.59 Å². The summed E-state index contributed by atoms with van der Waals surface area (Å²) in [7, 11) is 0. The van der Waals surface area contributed by atoms with Crippen LogP contribution in [0.4, 0.5) is 0 Å². The molecular weight excluding hydrogens is 256 g/mol. The number of nitrogens with one attached hydrogen (secondary N) is 1. The number of amides is 2. The van der Waals surface area contributed by atoms with Crippen molar-refractivity contribution in [3.05, 3.63) is 0 Å². The van der Waals surface area contributed by atoms with E-state index >= 15 is 0 Å². The SMILES string of the molecule is CCC1NC(=O)C2(CCCC2)N(CCOC(C)C)C1=O. The molecule has 0 bridgehead atoms. The van der Waals surface area contributed by atoms with Crippen LogP contribution in [0.3, 0.4) is 0 Å². The third-order valence-electron chi connectivity index (χ3n) is 4.41. The van der Waals surface area contributed by atoms with E-state index in [0.717, 1.165) is 25.7 Å². The van der Waals surface area contributed by atoms with E-state index in [1.165, 1.54) is 0 Å². The standard InChI is InChI=1S/C15H26N2O3/c1-4-12-13(18)17(9-10-20-11(2)3)15(14(19)16-12)7-5-6-8-15/h11-12H,4-10H2,1-3H3,(H,16,19). The number of carbonyl (C=O) groups excluding carboxylic acids is 2. The lowest BCUT2D eigenvalue weighted by atomic mass is 9.89. The molecule has 1 saturated carbocycles. The second kappa shape index (κ2) is 6.12. The maximum atomic E-state index is 12.6. The number of piperazine rings is 1. The van der Waals surface area contributed by atoms with E-state index in [-0.39, 0.29) is 24.0 Å². The molecule has 0 aromatic heterocycles. The highest BCUT2D eigenvalue weighted by atomic mass is 16.5. The van der Waals surface area contributed by atoms with E-state index in [1.54, 1.807) is 4.90 Å². The van der Waals surface area contributed by atoms with Crippen LogP contribution in [0.2, 0.25) is 0 Å². The van der Waals surface area contributed by atoms with E-state index in [4.69, 9.17) is 4.74 Å². The maximum Gasteiger partial charge on any atom is 0.246 e. The molecule has 0 radical (unpaired) electrons. The first-order chi connectivity index (χ1) is 9.51. The van der Waals surface area contributed by atoms with Crippen molar-refractivity contribution < 1.29 is 14.3 Å². The first-order valence-corrected chi connectivity index (χ1v) is 7.75. The zero-order valence-corrected chi connectivity index (χ0v) is 12.8. The van der Waals surface area contributed by atoms with Gasteiger partial charge in [0.1, 0.15) is 11.6 Å². The van der Waals surface area contributed by atoms with Gasteiger partial charge in [0.15, 0.2) is 0 Å². The molecule has 1 N–H and O–H groups in total. The Morgan fingerprint density at radius 1 is 1.35 bits per heavy atom. The average molecular weight is 282 g/mol. The number of ether oxygens (including phenoxy) is 1. The van der Waals surface area contributed by atoms with Crippen LogP contribution in [0.5, 0.6) is 0 Å². The van der Waals surface area contributed by atoms with E-state index in [0.29, 0.717) is 19.6 Å². The van der Waals surface area contributed by atoms with Gasteiger partial charge in [-0.1, -0.05) is 19.8 Å². The van der Waals surface area contributed by atoms with E-state index in [9.17, 15) is 9.59 Å². The summed E-state index contributed by atoms with van der Waals surface area (Å²) in [4.78, 5) is 26.9. The zero-order chi connectivity index (χ0) is 14.8. The van der Waals surface area contributed by atoms with Gasteiger partial charge in [-0.2, -0.15) is 0 Å². The minimum absolute atomic E-state index is 0.0333. The van der Waals surface area contributed by atoms with Gasteiger partial charge in [-0.05, 0) is 33.1 Å². The third kappa shape index (κ3) is 2.68. The minimum Gasteiger partial charge on any atom is -0.377 e. The normalized spacial score (nSPS) is 25.6. The Hall–Kier alpha value is -1.10. The molecule has 2 rings (SSSR count). The maximum absolute atomic E-state index is 12.6. The second-order valence-corrected chi connectivity index (χ2v) is 6.08. The van der Waals surface area contributed by atoms with Gasteiger partial charge < -0.3 is 15.0 Å². The highest BCUT2D eigenvalue weighted by molar-refractivity contribution is 6.00. The first kappa shape index (κ1) is 15.3. The molecule has 2 fully saturated rings. The molecule has 1 aliphatic carbocycles. The van der Waals surface area contributed by atoms with Gasteiger partial charge in [0, 0.05) is 6.54 Å². The van der Waals surface area contributed by atoms with Gasteiger partial charge in [0.05, 0.1) is 12.7 Å². The molecule has 0 aromatic rings. The monoisotopic (exact) mass is 282 g/mol. The van der Waals surface area contributed by atoms with Gasteiger partial charge >= 0.3 is 0 Å². The summed E-state index contributed by atoms with van der Waals surface area (Å²) in [6.07, 6.45) is 4.37. The summed E-state index contributed by atoms with van der Waals surface area (Å²) in [6, 6.07) is -0.368. The lowest BCUT2D eigenvalue weighted by Crippen LogP contribution is -2.70. The van der Waals surface area contributed by atoms with Crippen molar-refractivity contribution >= 4 is 11.8 Å². The second-order valence-electron chi connectivity index (χ2n) is 6.08. The molecule has 0 aromatic carbocycles. The van der Waals surface area contributed by atoms with Crippen LogP contribution in [0.15, 0.2) is 0 Å². The zero-order valence-electron chi connectivity index (χ0n) is 12.8. The fraction of sp³-hybridized carbons (Fsp3) is 0.867. The molecule has 1 spiro atoms. The molecule has 1 unspecified atom stereocenters. The van der Waals surface area contributed by atoms with Crippen molar-refractivity contribution in [3.8, 4) is 0 Å². The quantitative estimate of drug-likeness (QED) is 0.830. The summed E-state index contributed by atoms with van der Waals surface area (Å²) >= 11 is 0. The summed E-state index contributed by atoms with van der Waals surface area (Å²) in [5.74, 6) is 0.0901. The molecule has 114 valence electrons. The minimum atomic E-state index is -0.608. The fourth-order valence-corrected chi connectivity index (χ4v) is 3.31. The Kier molecular flexibility index (Phi) is 4.68. The molecule has 1 saturated heterocycles. The van der Waals surface area contributed by atoms with Crippen LogP contribution in [-0.2, 0) is 14.3 Å². The van der Waals surface area contributed by atoms with Crippen LogP contribution < -0.4 is 5.32 Å². The van der Waals surface area contributed by atoms with E-state index < -0.39 is 5.54 Å². The topological polar surface area (TPSA) is 58.6 Å². The molecule has 5 nitrogen and oxygen atoms in total. The van der Waals surface area contributed by atoms with Gasteiger partial charge in [0.2, 0.25) is 11.8 Å². The molecule has 1 heterocycles. The largest absolute Gasteiger partial charge is 0.377 e. The Bertz CT molecular complexity index is 375. The fourth-order valence-electron chi connectivity index (χ4n) is 3.31. The highest BCUT2D eigenvalue weighted by Crippen LogP contribution is 2.38. The van der Waals surface area contributed by atoms with Crippen molar-refractivity contribution in [3.63, 3.8) is 0 Å². The summed E-state index contributed by atoms with van der Waals surface area (Å²) in [5.41, 5.74) is -0.608. The summed E-state index contributed by atoms with van der Waals surface area (Å²) < 4.78 is 5.57. The van der Waals surface area contributed by atoms with Crippen molar-refractivity contribution in [2.45, 2.75) is 70.6 Å². The summed E-state index contributed by atoms with van der Waals surface area (Å²) in [5, 5.41) is 2.91. The average Bonchev–Trinajstić information content (AvgIpc) is 2.88. The molecule has 2 amide bonds. The molecule has 5 heteroatoms. The lowest BCUT2D eigenvalue weighted by molar-refractivity contribution is -0.158. The van der Waals surface area contributed by atoms with Gasteiger partial charge in [-0.15, -0.1) is 0 Å². The van der Waals surface area contributed by atoms with Crippen LogP contribution in [0.25, 0.3) is 0 Å². The number of nitrogens with zero attached hydrogens (tertiary/aromatic N) is 1. The van der Waals surface area contributed by atoms with Gasteiger partial charge in [0.25, 0.3) is 0 Å². The third-order valence-corrected chi connectivity index (χ3v) is 4.41. The number of carbonyl (C=O) groups is 2. The first-order valence-electron chi connectivity index (χ1n) is 7.75. The molecule has 1 atom stereocenters. The number of hydrogen-bond donors (Lipinski definition) is 1. The predicted octanol–water partition coefficient (Wildman–Crippen LogP) is 1.46. The molecular formula is C15H26N2O3. The van der Waals surface area contributed by atoms with Crippen LogP contribution in [-0.4, -0.2) is 47.6 Å². The lowest BCUT2D eigenvalue weighted by Gasteiger charge is -2.46. The van der Waals surface area contributed by atoms with Crippen molar-refractivity contribution in [1.82, 2.24) is 10.2 Å². The van der Waals surface area contributed by atoms with E-state index in [1.807, 2.05) is 20.8 Å². The van der Waals surface area contributed by atoms with Crippen LogP contribution >= 0.6 is 0 Å². The molecule has 20 heavy (non-hydrogen) atoms. The van der Waals surface area contributed by atoms with Crippen molar-refractivity contribution in [2.24, 2.45) is 0 Å². The van der Waals surface area contributed by atoms with Crippen molar-refractivity contribution in [2.75, 3.05) is 13.2 Å². The highest BCUT2D eigenvalue weighted by Gasteiger charge is 2.53. The summed E-state index contributed by atoms with van der Waals surface area (Å²) in [6.45, 7) is 6.89. The van der Waals surface area contributed by atoms with Crippen LogP contribution in [0.1, 0.15) is 52.9 Å². The van der Waals surface area contributed by atoms with Gasteiger partial charge in [-0.25, -0.2) is 0 Å². The van der Waals surface area contributed by atoms with E-state index in [2.05, 4.69) is 5.32 Å². The molecule has 1 aliphatic heterocycles. The van der Waals surface area contributed by atoms with Crippen molar-refractivity contribution in [1.29, 1.82) is 0 Å². The Labute approximate surface area is 121 Å². The number of rotatable bonds is 5. The Morgan fingerprint density at radius 3 is 2.55 bits per heavy atom. The smallest absolute Gasteiger partial charge is 0.246 e. The Morgan fingerprint density at radius 2 is 2.00 bits per heavy atom. The predicted molar refractivity (Wildman–Crippen MR) is 76.2 cm³/mol. The molecule has 2 aliphatic rings. The number of hydrogen-bond acceptors (Lipinski definition) is 3.